The molecule has 0 radical (unpaired) electrons. The summed E-state index contributed by atoms with van der Waals surface area (Å²) in [6, 6.07) is 13.8. The van der Waals surface area contributed by atoms with E-state index in [9.17, 15) is 14.0 Å². The average molecular weight is 392 g/mol. The maximum atomic E-state index is 13.1. The average Bonchev–Trinajstić information content (AvgIpc) is 2.75. The third-order valence-electron chi connectivity index (χ3n) is 3.83. The number of carbonyl (C=O) groups excluding carboxylic acids is 2. The molecule has 1 N–H and O–H groups in total. The standard InChI is InChI=1S/C22H17FN2O4/c1-28-21(26)11-4-15-13-18(25-22(27)16-3-2-12-24-14-16)7-10-20(15)29-19-8-5-17(23)6-9-19/h2-14H,1H3,(H,25,27)/b11-4+. The van der Waals surface area contributed by atoms with Crippen LogP contribution in [0.5, 0.6) is 11.5 Å². The van der Waals surface area contributed by atoms with Gasteiger partial charge in [0.25, 0.3) is 5.91 Å². The summed E-state index contributed by atoms with van der Waals surface area (Å²) in [6.45, 7) is 0. The molecule has 29 heavy (non-hydrogen) atoms. The molecular formula is C22H17FN2O4. The Morgan fingerprint density at radius 2 is 1.90 bits per heavy atom. The van der Waals surface area contributed by atoms with Crippen molar-refractivity contribution in [3.05, 3.63) is 90.0 Å². The minimum Gasteiger partial charge on any atom is -0.466 e. The van der Waals surface area contributed by atoms with Crippen LogP contribution in [0.3, 0.4) is 0 Å². The van der Waals surface area contributed by atoms with E-state index in [1.165, 1.54) is 49.7 Å². The molecule has 3 rings (SSSR count). The van der Waals surface area contributed by atoms with Crippen molar-refractivity contribution in [1.29, 1.82) is 0 Å². The fourth-order valence-corrected chi connectivity index (χ4v) is 2.41. The van der Waals surface area contributed by atoms with E-state index < -0.39 is 5.97 Å². The third-order valence-corrected chi connectivity index (χ3v) is 3.83. The lowest BCUT2D eigenvalue weighted by atomic mass is 10.1. The maximum absolute atomic E-state index is 13.1. The van der Waals surface area contributed by atoms with Crippen LogP contribution >= 0.6 is 0 Å². The van der Waals surface area contributed by atoms with Crippen molar-refractivity contribution in [3.8, 4) is 11.5 Å². The van der Waals surface area contributed by atoms with Crippen molar-refractivity contribution in [2.75, 3.05) is 12.4 Å². The minimum atomic E-state index is -0.539. The first-order valence-corrected chi connectivity index (χ1v) is 8.60. The number of halogens is 1. The number of hydrogen-bond donors (Lipinski definition) is 1. The number of benzene rings is 2. The van der Waals surface area contributed by atoms with Gasteiger partial charge in [-0.05, 0) is 60.7 Å². The molecule has 0 aliphatic rings. The smallest absolute Gasteiger partial charge is 0.330 e. The van der Waals surface area contributed by atoms with Crippen molar-refractivity contribution in [2.24, 2.45) is 0 Å². The van der Waals surface area contributed by atoms with Crippen molar-refractivity contribution in [3.63, 3.8) is 0 Å². The number of nitrogens with zero attached hydrogens (tertiary/aromatic N) is 1. The second-order valence-electron chi connectivity index (χ2n) is 5.86. The van der Waals surface area contributed by atoms with Gasteiger partial charge < -0.3 is 14.8 Å². The second-order valence-corrected chi connectivity index (χ2v) is 5.86. The number of methoxy groups -OCH3 is 1. The summed E-state index contributed by atoms with van der Waals surface area (Å²) < 4.78 is 23.5. The zero-order valence-electron chi connectivity index (χ0n) is 15.5. The Labute approximate surface area is 166 Å². The predicted molar refractivity (Wildman–Crippen MR) is 106 cm³/mol. The van der Waals surface area contributed by atoms with Crippen molar-refractivity contribution in [2.45, 2.75) is 0 Å². The van der Waals surface area contributed by atoms with E-state index in [0.29, 0.717) is 28.3 Å². The van der Waals surface area contributed by atoms with E-state index in [1.807, 2.05) is 0 Å². The topological polar surface area (TPSA) is 77.5 Å². The molecule has 0 aliphatic carbocycles. The summed E-state index contributed by atoms with van der Waals surface area (Å²) in [5, 5.41) is 2.76. The third kappa shape index (κ3) is 5.49. The summed E-state index contributed by atoms with van der Waals surface area (Å²) in [5.74, 6) is -0.408. The van der Waals surface area contributed by atoms with Gasteiger partial charge in [0.05, 0.1) is 12.7 Å². The first-order chi connectivity index (χ1) is 14.0. The van der Waals surface area contributed by atoms with Gasteiger partial charge in [0.1, 0.15) is 17.3 Å². The van der Waals surface area contributed by atoms with Crippen LogP contribution in [-0.4, -0.2) is 24.0 Å². The highest BCUT2D eigenvalue weighted by Crippen LogP contribution is 2.29. The molecule has 0 fully saturated rings. The highest BCUT2D eigenvalue weighted by Gasteiger charge is 2.10. The Hall–Kier alpha value is -4.00. The van der Waals surface area contributed by atoms with Gasteiger partial charge in [-0.1, -0.05) is 0 Å². The quantitative estimate of drug-likeness (QED) is 0.495. The number of aromatic nitrogens is 1. The summed E-state index contributed by atoms with van der Waals surface area (Å²) in [6.07, 6.45) is 5.78. The van der Waals surface area contributed by atoms with Gasteiger partial charge in [-0.2, -0.15) is 0 Å². The number of hydrogen-bond acceptors (Lipinski definition) is 5. The van der Waals surface area contributed by atoms with Gasteiger partial charge in [-0.3, -0.25) is 9.78 Å². The number of pyridine rings is 1. The Bertz CT molecular complexity index is 1030. The fraction of sp³-hybridized carbons (Fsp3) is 0.0455. The van der Waals surface area contributed by atoms with E-state index in [2.05, 4.69) is 15.0 Å². The van der Waals surface area contributed by atoms with Gasteiger partial charge in [-0.15, -0.1) is 0 Å². The van der Waals surface area contributed by atoms with Crippen LogP contribution in [0.4, 0.5) is 10.1 Å². The molecule has 0 bridgehead atoms. The van der Waals surface area contributed by atoms with Crippen LogP contribution in [0.25, 0.3) is 6.08 Å². The Morgan fingerprint density at radius 1 is 1.10 bits per heavy atom. The lowest BCUT2D eigenvalue weighted by Gasteiger charge is -2.12. The molecule has 1 heterocycles. The number of nitrogens with one attached hydrogen (secondary N) is 1. The first-order valence-electron chi connectivity index (χ1n) is 8.60. The molecule has 0 unspecified atom stereocenters. The number of anilines is 1. The summed E-state index contributed by atoms with van der Waals surface area (Å²) >= 11 is 0. The minimum absolute atomic E-state index is 0.326. The Balaban J connectivity index is 1.87. The SMILES string of the molecule is COC(=O)/C=C/c1cc(NC(=O)c2cccnc2)ccc1Oc1ccc(F)cc1. The predicted octanol–water partition coefficient (Wildman–Crippen LogP) is 4.45. The van der Waals surface area contributed by atoms with Crippen molar-refractivity contribution >= 4 is 23.6 Å². The van der Waals surface area contributed by atoms with E-state index in [0.717, 1.165) is 0 Å². The zero-order valence-corrected chi connectivity index (χ0v) is 15.5. The molecule has 0 spiro atoms. The Kier molecular flexibility index (Phi) is 6.32. The molecular weight excluding hydrogens is 375 g/mol. The molecule has 146 valence electrons. The monoisotopic (exact) mass is 392 g/mol. The van der Waals surface area contributed by atoms with Crippen LogP contribution in [0, 0.1) is 5.82 Å². The van der Waals surface area contributed by atoms with Gasteiger partial charge in [-0.25, -0.2) is 9.18 Å². The van der Waals surface area contributed by atoms with Crippen LogP contribution in [-0.2, 0) is 9.53 Å². The first kappa shape index (κ1) is 19.8. The molecule has 7 heteroatoms. The van der Waals surface area contributed by atoms with Crippen LogP contribution < -0.4 is 10.1 Å². The molecule has 6 nitrogen and oxygen atoms in total. The number of esters is 1. The van der Waals surface area contributed by atoms with E-state index in [-0.39, 0.29) is 11.7 Å². The fourth-order valence-electron chi connectivity index (χ4n) is 2.41. The van der Waals surface area contributed by atoms with Gasteiger partial charge in [0, 0.05) is 29.7 Å². The summed E-state index contributed by atoms with van der Waals surface area (Å²) in [7, 11) is 1.27. The van der Waals surface area contributed by atoms with E-state index in [4.69, 9.17) is 4.74 Å². The van der Waals surface area contributed by atoms with Crippen molar-refractivity contribution in [1.82, 2.24) is 4.98 Å². The highest BCUT2D eigenvalue weighted by atomic mass is 19.1. The summed E-state index contributed by atoms with van der Waals surface area (Å²) in [5.41, 5.74) is 1.42. The van der Waals surface area contributed by atoms with Gasteiger partial charge in [0.2, 0.25) is 0 Å². The normalized spacial score (nSPS) is 10.6. The molecule has 3 aromatic rings. The lowest BCUT2D eigenvalue weighted by molar-refractivity contribution is -0.134. The van der Waals surface area contributed by atoms with Crippen molar-refractivity contribution < 1.29 is 23.5 Å². The molecule has 1 amide bonds. The number of ether oxygens (including phenoxy) is 2. The van der Waals surface area contributed by atoms with Crippen LogP contribution in [0.2, 0.25) is 0 Å². The number of amides is 1. The zero-order chi connectivity index (χ0) is 20.6. The van der Waals surface area contributed by atoms with Crippen LogP contribution in [0.15, 0.2) is 73.1 Å². The molecule has 1 aromatic heterocycles. The highest BCUT2D eigenvalue weighted by molar-refractivity contribution is 6.04. The maximum Gasteiger partial charge on any atom is 0.330 e. The Morgan fingerprint density at radius 3 is 2.59 bits per heavy atom. The molecule has 0 saturated carbocycles. The largest absolute Gasteiger partial charge is 0.466 e. The second kappa shape index (κ2) is 9.27. The van der Waals surface area contributed by atoms with Gasteiger partial charge in [0.15, 0.2) is 0 Å². The van der Waals surface area contributed by atoms with Gasteiger partial charge >= 0.3 is 5.97 Å². The molecule has 0 aliphatic heterocycles. The van der Waals surface area contributed by atoms with E-state index >= 15 is 0 Å². The van der Waals surface area contributed by atoms with Crippen LogP contribution in [0.1, 0.15) is 15.9 Å². The molecule has 2 aromatic carbocycles. The molecule has 0 atom stereocenters. The number of carbonyl (C=O) groups is 2. The molecule has 0 saturated heterocycles. The summed E-state index contributed by atoms with van der Waals surface area (Å²) in [4.78, 5) is 27.7. The lowest BCUT2D eigenvalue weighted by Crippen LogP contribution is -2.12. The van der Waals surface area contributed by atoms with E-state index in [1.54, 1.807) is 36.5 Å². The number of rotatable bonds is 6.